The summed E-state index contributed by atoms with van der Waals surface area (Å²) in [5.41, 5.74) is 0.399. The van der Waals surface area contributed by atoms with Gasteiger partial charge in [0.05, 0.1) is 6.61 Å². The number of nitrogens with zero attached hydrogens (tertiary/aromatic N) is 2. The first-order chi connectivity index (χ1) is 8.24. The molecule has 4 heteroatoms. The van der Waals surface area contributed by atoms with E-state index in [1.54, 1.807) is 0 Å². The number of hydrogen-bond acceptors (Lipinski definition) is 4. The van der Waals surface area contributed by atoms with Gasteiger partial charge < -0.3 is 19.9 Å². The Bertz CT molecular complexity index is 215. The summed E-state index contributed by atoms with van der Waals surface area (Å²) < 4.78 is 5.48. The van der Waals surface area contributed by atoms with Gasteiger partial charge in [-0.2, -0.15) is 0 Å². The minimum Gasteiger partial charge on any atom is -0.384 e. The summed E-state index contributed by atoms with van der Waals surface area (Å²) in [5.74, 6) is 0. The molecule has 2 fully saturated rings. The van der Waals surface area contributed by atoms with E-state index in [4.69, 9.17) is 4.74 Å². The van der Waals surface area contributed by atoms with Gasteiger partial charge in [-0.15, -0.1) is 0 Å². The molecule has 0 saturated carbocycles. The Morgan fingerprint density at radius 3 is 2.35 bits per heavy atom. The highest BCUT2D eigenvalue weighted by Gasteiger charge is 2.34. The summed E-state index contributed by atoms with van der Waals surface area (Å²) in [4.78, 5) is 5.05. The van der Waals surface area contributed by atoms with Crippen LogP contribution in [0.25, 0.3) is 0 Å². The van der Waals surface area contributed by atoms with Gasteiger partial charge in [0.15, 0.2) is 0 Å². The Morgan fingerprint density at radius 1 is 1.12 bits per heavy atom. The second-order valence-corrected chi connectivity index (χ2v) is 5.76. The van der Waals surface area contributed by atoms with Crippen molar-refractivity contribution < 1.29 is 4.74 Å². The van der Waals surface area contributed by atoms with Gasteiger partial charge in [-0.25, -0.2) is 0 Å². The zero-order valence-corrected chi connectivity index (χ0v) is 11.4. The van der Waals surface area contributed by atoms with E-state index in [2.05, 4.69) is 22.2 Å². The Hall–Kier alpha value is -0.160. The van der Waals surface area contributed by atoms with Crippen molar-refractivity contribution in [1.29, 1.82) is 0 Å². The third-order valence-electron chi connectivity index (χ3n) is 4.27. The summed E-state index contributed by atoms with van der Waals surface area (Å²) in [6, 6.07) is 0. The van der Waals surface area contributed by atoms with Gasteiger partial charge in [0.25, 0.3) is 0 Å². The largest absolute Gasteiger partial charge is 0.384 e. The Morgan fingerprint density at radius 2 is 1.76 bits per heavy atom. The van der Waals surface area contributed by atoms with Crippen LogP contribution in [0.1, 0.15) is 12.8 Å². The molecule has 0 unspecified atom stereocenters. The van der Waals surface area contributed by atoms with Crippen molar-refractivity contribution in [1.82, 2.24) is 15.1 Å². The molecule has 0 amide bonds. The van der Waals surface area contributed by atoms with Crippen LogP contribution in [-0.4, -0.2) is 76.4 Å². The SMILES string of the molecule is COCC1(CN2CCN(C)CC2)CCNCC1. The van der Waals surface area contributed by atoms with Crippen LogP contribution in [0.5, 0.6) is 0 Å². The van der Waals surface area contributed by atoms with Crippen LogP contribution in [0.4, 0.5) is 0 Å². The molecule has 0 radical (unpaired) electrons. The zero-order chi connectivity index (χ0) is 12.1. The van der Waals surface area contributed by atoms with Gasteiger partial charge in [-0.3, -0.25) is 0 Å². The molecule has 1 N–H and O–H groups in total. The van der Waals surface area contributed by atoms with Crippen LogP contribution in [0.2, 0.25) is 0 Å². The number of ether oxygens (including phenoxy) is 1. The van der Waals surface area contributed by atoms with Crippen molar-refractivity contribution in [3.8, 4) is 0 Å². The molecule has 17 heavy (non-hydrogen) atoms. The number of hydrogen-bond donors (Lipinski definition) is 1. The molecule has 0 aromatic rings. The average molecular weight is 241 g/mol. The Balaban J connectivity index is 1.88. The minimum atomic E-state index is 0.399. The van der Waals surface area contributed by atoms with Gasteiger partial charge in [-0.05, 0) is 33.0 Å². The van der Waals surface area contributed by atoms with E-state index in [0.717, 1.165) is 19.7 Å². The van der Waals surface area contributed by atoms with Crippen molar-refractivity contribution in [2.45, 2.75) is 12.8 Å². The lowest BCUT2D eigenvalue weighted by Crippen LogP contribution is -2.52. The van der Waals surface area contributed by atoms with Crippen molar-refractivity contribution in [3.05, 3.63) is 0 Å². The molecular weight excluding hydrogens is 214 g/mol. The predicted molar refractivity (Wildman–Crippen MR) is 70.3 cm³/mol. The lowest BCUT2D eigenvalue weighted by Gasteiger charge is -2.43. The molecule has 2 heterocycles. The molecule has 2 saturated heterocycles. The van der Waals surface area contributed by atoms with Crippen LogP contribution in [0.3, 0.4) is 0 Å². The first kappa shape index (κ1) is 13.3. The van der Waals surface area contributed by atoms with E-state index in [1.165, 1.54) is 45.6 Å². The van der Waals surface area contributed by atoms with Crippen LogP contribution in [-0.2, 0) is 4.74 Å². The van der Waals surface area contributed by atoms with E-state index in [9.17, 15) is 0 Å². The topological polar surface area (TPSA) is 27.7 Å². The van der Waals surface area contributed by atoms with Crippen LogP contribution in [0, 0.1) is 5.41 Å². The molecular formula is C13H27N3O. The standard InChI is InChI=1S/C13H27N3O/c1-15-7-9-16(10-8-15)11-13(12-17-2)3-5-14-6-4-13/h14H,3-12H2,1-2H3. The van der Waals surface area contributed by atoms with Crippen molar-refractivity contribution in [2.24, 2.45) is 5.41 Å². The quantitative estimate of drug-likeness (QED) is 0.763. The van der Waals surface area contributed by atoms with E-state index >= 15 is 0 Å². The molecule has 2 aliphatic heterocycles. The van der Waals surface area contributed by atoms with Crippen molar-refractivity contribution in [3.63, 3.8) is 0 Å². The summed E-state index contributed by atoms with van der Waals surface area (Å²) in [7, 11) is 4.06. The normalized spacial score (nSPS) is 27.2. The fraction of sp³-hybridized carbons (Fsp3) is 1.00. The van der Waals surface area contributed by atoms with Crippen LogP contribution >= 0.6 is 0 Å². The number of piperidine rings is 1. The molecule has 0 atom stereocenters. The Labute approximate surface area is 105 Å². The molecule has 2 rings (SSSR count). The molecule has 0 aliphatic carbocycles. The first-order valence-electron chi connectivity index (χ1n) is 6.85. The van der Waals surface area contributed by atoms with Crippen LogP contribution < -0.4 is 5.32 Å². The monoisotopic (exact) mass is 241 g/mol. The number of rotatable bonds is 4. The zero-order valence-electron chi connectivity index (χ0n) is 11.4. The maximum atomic E-state index is 5.48. The molecule has 0 spiro atoms. The highest BCUT2D eigenvalue weighted by Crippen LogP contribution is 2.30. The highest BCUT2D eigenvalue weighted by atomic mass is 16.5. The number of methoxy groups -OCH3 is 1. The van der Waals surface area contributed by atoms with E-state index in [-0.39, 0.29) is 0 Å². The lowest BCUT2D eigenvalue weighted by atomic mass is 9.79. The summed E-state index contributed by atoms with van der Waals surface area (Å²) in [6.45, 7) is 9.29. The van der Waals surface area contributed by atoms with Gasteiger partial charge >= 0.3 is 0 Å². The van der Waals surface area contributed by atoms with Gasteiger partial charge in [-0.1, -0.05) is 0 Å². The van der Waals surface area contributed by atoms with Crippen molar-refractivity contribution in [2.75, 3.05) is 66.6 Å². The second kappa shape index (κ2) is 6.14. The fourth-order valence-electron chi connectivity index (χ4n) is 3.09. The van der Waals surface area contributed by atoms with Gasteiger partial charge in [0.1, 0.15) is 0 Å². The molecule has 4 nitrogen and oxygen atoms in total. The van der Waals surface area contributed by atoms with Crippen molar-refractivity contribution >= 4 is 0 Å². The smallest absolute Gasteiger partial charge is 0.0531 e. The minimum absolute atomic E-state index is 0.399. The van der Waals surface area contributed by atoms with E-state index in [0.29, 0.717) is 5.41 Å². The second-order valence-electron chi connectivity index (χ2n) is 5.76. The predicted octanol–water partition coefficient (Wildman–Crippen LogP) is 0.250. The van der Waals surface area contributed by atoms with Crippen LogP contribution in [0.15, 0.2) is 0 Å². The molecule has 100 valence electrons. The maximum absolute atomic E-state index is 5.48. The van der Waals surface area contributed by atoms with Gasteiger partial charge in [0, 0.05) is 45.2 Å². The van der Waals surface area contributed by atoms with E-state index < -0.39 is 0 Å². The molecule has 0 bridgehead atoms. The number of likely N-dealkylation sites (N-methyl/N-ethyl adjacent to an activating group) is 1. The lowest BCUT2D eigenvalue weighted by molar-refractivity contribution is 0.0110. The summed E-state index contributed by atoms with van der Waals surface area (Å²) in [5, 5.41) is 3.46. The summed E-state index contributed by atoms with van der Waals surface area (Å²) in [6.07, 6.45) is 2.51. The highest BCUT2D eigenvalue weighted by molar-refractivity contribution is 4.88. The van der Waals surface area contributed by atoms with E-state index in [1.807, 2.05) is 7.11 Å². The first-order valence-corrected chi connectivity index (χ1v) is 6.85. The molecule has 0 aromatic carbocycles. The maximum Gasteiger partial charge on any atom is 0.0531 e. The number of nitrogens with one attached hydrogen (secondary N) is 1. The fourth-order valence-corrected chi connectivity index (χ4v) is 3.09. The summed E-state index contributed by atoms with van der Waals surface area (Å²) >= 11 is 0. The molecule has 2 aliphatic rings. The average Bonchev–Trinajstić information content (AvgIpc) is 2.34. The number of piperazine rings is 1. The van der Waals surface area contributed by atoms with Gasteiger partial charge in [0.2, 0.25) is 0 Å². The third kappa shape index (κ3) is 3.65. The Kier molecular flexibility index (Phi) is 4.79. The molecule has 0 aromatic heterocycles. The third-order valence-corrected chi connectivity index (χ3v) is 4.27.